The van der Waals surface area contributed by atoms with Gasteiger partial charge >= 0.3 is 0 Å². The van der Waals surface area contributed by atoms with Gasteiger partial charge in [-0.05, 0) is 67.0 Å². The molecule has 1 aliphatic heterocycles. The van der Waals surface area contributed by atoms with Crippen molar-refractivity contribution in [3.05, 3.63) is 22.2 Å². The highest BCUT2D eigenvalue weighted by atomic mass is 79.9. The first-order valence-corrected chi connectivity index (χ1v) is 8.18. The zero-order valence-electron chi connectivity index (χ0n) is 13.3. The Labute approximate surface area is 135 Å². The van der Waals surface area contributed by atoms with Gasteiger partial charge in [0.15, 0.2) is 11.5 Å². The van der Waals surface area contributed by atoms with E-state index in [1.807, 2.05) is 6.07 Å². The molecule has 118 valence electrons. The van der Waals surface area contributed by atoms with Crippen LogP contribution in [0.3, 0.4) is 0 Å². The number of hydrogen-bond acceptors (Lipinski definition) is 4. The molecule has 0 bridgehead atoms. The molecule has 2 atom stereocenters. The standard InChI is InChI=1S/C16H25BrN2O2/c1-11-7-13(5-6-19(11)2)18-10-12-8-14(17)16(21-4)15(9-12)20-3/h8-9,11,13,18H,5-7,10H2,1-4H3. The van der Waals surface area contributed by atoms with Crippen molar-refractivity contribution in [3.63, 3.8) is 0 Å². The number of ether oxygens (including phenoxy) is 2. The highest BCUT2D eigenvalue weighted by Crippen LogP contribution is 2.36. The van der Waals surface area contributed by atoms with Gasteiger partial charge in [-0.3, -0.25) is 0 Å². The molecule has 0 saturated carbocycles. The molecular formula is C16H25BrN2O2. The number of benzene rings is 1. The predicted molar refractivity (Wildman–Crippen MR) is 89.2 cm³/mol. The molecule has 2 rings (SSSR count). The van der Waals surface area contributed by atoms with Crippen LogP contribution in [0.15, 0.2) is 16.6 Å². The molecule has 1 heterocycles. The molecule has 0 aliphatic carbocycles. The van der Waals surface area contributed by atoms with Gasteiger partial charge in [0.25, 0.3) is 0 Å². The molecule has 2 unspecified atom stereocenters. The second-order valence-electron chi connectivity index (χ2n) is 5.74. The summed E-state index contributed by atoms with van der Waals surface area (Å²) in [5, 5.41) is 3.66. The molecule has 1 aromatic rings. The Morgan fingerprint density at radius 1 is 1.33 bits per heavy atom. The quantitative estimate of drug-likeness (QED) is 0.878. The summed E-state index contributed by atoms with van der Waals surface area (Å²) in [6.45, 7) is 4.30. The number of piperidine rings is 1. The number of nitrogens with one attached hydrogen (secondary N) is 1. The fraction of sp³-hybridized carbons (Fsp3) is 0.625. The van der Waals surface area contributed by atoms with Gasteiger partial charge in [-0.2, -0.15) is 0 Å². The number of nitrogens with zero attached hydrogens (tertiary/aromatic N) is 1. The average Bonchev–Trinajstić information content (AvgIpc) is 2.47. The molecule has 5 heteroatoms. The Balaban J connectivity index is 1.99. The van der Waals surface area contributed by atoms with Crippen LogP contribution in [-0.2, 0) is 6.54 Å². The minimum Gasteiger partial charge on any atom is -0.493 e. The smallest absolute Gasteiger partial charge is 0.174 e. The minimum absolute atomic E-state index is 0.586. The number of methoxy groups -OCH3 is 2. The Kier molecular flexibility index (Phi) is 5.90. The molecule has 0 spiro atoms. The Bertz CT molecular complexity index is 482. The molecule has 1 aromatic carbocycles. The number of hydrogen-bond donors (Lipinski definition) is 1. The number of halogens is 1. The summed E-state index contributed by atoms with van der Waals surface area (Å²) < 4.78 is 11.7. The fourth-order valence-corrected chi connectivity index (χ4v) is 3.46. The predicted octanol–water partition coefficient (Wildman–Crippen LogP) is 3.04. The Morgan fingerprint density at radius 2 is 2.10 bits per heavy atom. The lowest BCUT2D eigenvalue weighted by atomic mass is 9.98. The number of likely N-dealkylation sites (tertiary alicyclic amines) is 1. The Morgan fingerprint density at radius 3 is 2.71 bits per heavy atom. The lowest BCUT2D eigenvalue weighted by Gasteiger charge is -2.35. The monoisotopic (exact) mass is 356 g/mol. The van der Waals surface area contributed by atoms with E-state index in [0.29, 0.717) is 12.1 Å². The first-order chi connectivity index (χ1) is 10.0. The van der Waals surface area contributed by atoms with Crippen LogP contribution in [0.5, 0.6) is 11.5 Å². The summed E-state index contributed by atoms with van der Waals surface area (Å²) in [6, 6.07) is 5.36. The van der Waals surface area contributed by atoms with Crippen LogP contribution < -0.4 is 14.8 Å². The van der Waals surface area contributed by atoms with Gasteiger partial charge in [0.05, 0.1) is 18.7 Å². The van der Waals surface area contributed by atoms with Crippen LogP contribution >= 0.6 is 15.9 Å². The highest BCUT2D eigenvalue weighted by molar-refractivity contribution is 9.10. The molecule has 1 fully saturated rings. The molecule has 0 aromatic heterocycles. The zero-order chi connectivity index (χ0) is 15.4. The van der Waals surface area contributed by atoms with E-state index in [1.54, 1.807) is 14.2 Å². The third-order valence-electron chi connectivity index (χ3n) is 4.30. The topological polar surface area (TPSA) is 33.7 Å². The normalized spacial score (nSPS) is 23.1. The first-order valence-electron chi connectivity index (χ1n) is 7.39. The molecule has 4 nitrogen and oxygen atoms in total. The molecular weight excluding hydrogens is 332 g/mol. The van der Waals surface area contributed by atoms with Crippen molar-refractivity contribution in [1.82, 2.24) is 10.2 Å². The summed E-state index contributed by atoms with van der Waals surface area (Å²) in [5.41, 5.74) is 1.20. The van der Waals surface area contributed by atoms with E-state index < -0.39 is 0 Å². The van der Waals surface area contributed by atoms with E-state index in [-0.39, 0.29) is 0 Å². The fourth-order valence-electron chi connectivity index (χ4n) is 2.81. The van der Waals surface area contributed by atoms with Crippen molar-refractivity contribution in [2.75, 3.05) is 27.8 Å². The van der Waals surface area contributed by atoms with Gasteiger partial charge < -0.3 is 19.7 Å². The van der Waals surface area contributed by atoms with Crippen LogP contribution in [0.1, 0.15) is 25.3 Å². The molecule has 0 amide bonds. The van der Waals surface area contributed by atoms with E-state index in [1.165, 1.54) is 18.4 Å². The molecule has 0 radical (unpaired) electrons. The van der Waals surface area contributed by atoms with E-state index in [2.05, 4.69) is 46.2 Å². The SMILES string of the molecule is COc1cc(CNC2CCN(C)C(C)C2)cc(Br)c1OC. The first kappa shape index (κ1) is 16.6. The second kappa shape index (κ2) is 7.47. The maximum Gasteiger partial charge on any atom is 0.174 e. The van der Waals surface area contributed by atoms with Crippen molar-refractivity contribution in [2.24, 2.45) is 0 Å². The summed E-state index contributed by atoms with van der Waals surface area (Å²) in [6.07, 6.45) is 2.40. The minimum atomic E-state index is 0.586. The van der Waals surface area contributed by atoms with Crippen LogP contribution in [0.25, 0.3) is 0 Å². The van der Waals surface area contributed by atoms with Crippen molar-refractivity contribution in [1.29, 1.82) is 0 Å². The van der Waals surface area contributed by atoms with E-state index >= 15 is 0 Å². The van der Waals surface area contributed by atoms with E-state index in [9.17, 15) is 0 Å². The third kappa shape index (κ3) is 4.11. The highest BCUT2D eigenvalue weighted by Gasteiger charge is 2.22. The van der Waals surface area contributed by atoms with Gasteiger partial charge in [0, 0.05) is 18.6 Å². The number of rotatable bonds is 5. The molecule has 1 saturated heterocycles. The van der Waals surface area contributed by atoms with Crippen molar-refractivity contribution < 1.29 is 9.47 Å². The van der Waals surface area contributed by atoms with Crippen molar-refractivity contribution >= 4 is 15.9 Å². The molecule has 21 heavy (non-hydrogen) atoms. The lowest BCUT2D eigenvalue weighted by molar-refractivity contribution is 0.168. The summed E-state index contributed by atoms with van der Waals surface area (Å²) in [4.78, 5) is 2.42. The van der Waals surface area contributed by atoms with Crippen LogP contribution in [0, 0.1) is 0 Å². The van der Waals surface area contributed by atoms with Crippen LogP contribution in [0.4, 0.5) is 0 Å². The summed E-state index contributed by atoms with van der Waals surface area (Å²) >= 11 is 3.54. The largest absolute Gasteiger partial charge is 0.493 e. The van der Waals surface area contributed by atoms with E-state index in [0.717, 1.165) is 29.1 Å². The van der Waals surface area contributed by atoms with Crippen LogP contribution in [0.2, 0.25) is 0 Å². The van der Waals surface area contributed by atoms with Crippen LogP contribution in [-0.4, -0.2) is 44.8 Å². The van der Waals surface area contributed by atoms with Gasteiger partial charge in [0.2, 0.25) is 0 Å². The van der Waals surface area contributed by atoms with E-state index in [4.69, 9.17) is 9.47 Å². The van der Waals surface area contributed by atoms with Crippen molar-refractivity contribution in [2.45, 2.75) is 38.4 Å². The van der Waals surface area contributed by atoms with Gasteiger partial charge in [0.1, 0.15) is 0 Å². The maximum atomic E-state index is 5.39. The van der Waals surface area contributed by atoms with Gasteiger partial charge in [-0.1, -0.05) is 0 Å². The molecule has 1 aliphatic rings. The zero-order valence-corrected chi connectivity index (χ0v) is 14.9. The summed E-state index contributed by atoms with van der Waals surface area (Å²) in [5.74, 6) is 1.51. The summed E-state index contributed by atoms with van der Waals surface area (Å²) in [7, 11) is 5.52. The van der Waals surface area contributed by atoms with Gasteiger partial charge in [-0.25, -0.2) is 0 Å². The average molecular weight is 357 g/mol. The third-order valence-corrected chi connectivity index (χ3v) is 4.89. The van der Waals surface area contributed by atoms with Gasteiger partial charge in [-0.15, -0.1) is 0 Å². The Hall–Kier alpha value is -0.780. The lowest BCUT2D eigenvalue weighted by Crippen LogP contribution is -2.45. The second-order valence-corrected chi connectivity index (χ2v) is 6.60. The molecule has 1 N–H and O–H groups in total. The maximum absolute atomic E-state index is 5.39. The van der Waals surface area contributed by atoms with Crippen molar-refractivity contribution in [3.8, 4) is 11.5 Å².